The van der Waals surface area contributed by atoms with Crippen LogP contribution in [0.2, 0.25) is 36.3 Å². The van der Waals surface area contributed by atoms with Crippen LogP contribution in [0.25, 0.3) is 0 Å². The van der Waals surface area contributed by atoms with Crippen LogP contribution in [0.15, 0.2) is 59.3 Å². The minimum atomic E-state index is -1.92. The molecule has 0 aliphatic rings. The van der Waals surface area contributed by atoms with Gasteiger partial charge in [0.2, 0.25) is 0 Å². The fraction of sp³-hybridized carbons (Fsp3) is 0.645. The Morgan fingerprint density at radius 1 is 0.811 bits per heavy atom. The second-order valence-electron chi connectivity index (χ2n) is 13.4. The second-order valence-corrected chi connectivity index (χ2v) is 23.0. The fourth-order valence-corrected chi connectivity index (χ4v) is 6.11. The molecule has 0 amide bonds. The van der Waals surface area contributed by atoms with Crippen LogP contribution in [-0.4, -0.2) is 39.9 Å². The normalized spacial score (nSPS) is 17.1. The predicted octanol–water partition coefficient (Wildman–Crippen LogP) is 9.60. The third-order valence-electron chi connectivity index (χ3n) is 7.53. The summed E-state index contributed by atoms with van der Waals surface area (Å²) in [5.74, 6) is -0.938. The standard InChI is InChI=1S/C31H56O4Si2/c1-24(16-15-17-25(2)22-26(3)19-21-29(32)33)18-20-28(35-37(13,14)31(8,9)10)23-27(4)34-36(11,12)30(5,6)7/h15-19,21-22,27-28H,20,23H2,1-14H3,(H,32,33)/b16-15+,21-19+,24-18+,25-17+,26-22+/t27-,28+/m0/s1. The average Bonchev–Trinajstić information content (AvgIpc) is 2.68. The lowest BCUT2D eigenvalue weighted by Crippen LogP contribution is -2.46. The number of carbonyl (C=O) groups is 1. The molecule has 212 valence electrons. The summed E-state index contributed by atoms with van der Waals surface area (Å²) in [6.45, 7) is 31.2. The lowest BCUT2D eigenvalue weighted by atomic mass is 10.1. The molecule has 0 aliphatic carbocycles. The minimum Gasteiger partial charge on any atom is -0.478 e. The highest BCUT2D eigenvalue weighted by Crippen LogP contribution is 2.40. The van der Waals surface area contributed by atoms with Gasteiger partial charge in [0.25, 0.3) is 0 Å². The zero-order valence-corrected chi connectivity index (χ0v) is 28.3. The van der Waals surface area contributed by atoms with E-state index in [-0.39, 0.29) is 22.3 Å². The fourth-order valence-electron chi connectivity index (χ4n) is 3.28. The molecule has 0 aromatic heterocycles. The molecule has 4 nitrogen and oxygen atoms in total. The molecule has 6 heteroatoms. The molecule has 0 unspecified atom stereocenters. The highest BCUT2D eigenvalue weighted by Gasteiger charge is 2.41. The third kappa shape index (κ3) is 14.3. The van der Waals surface area contributed by atoms with Gasteiger partial charge in [-0.1, -0.05) is 94.7 Å². The average molecular weight is 549 g/mol. The number of aliphatic carboxylic acids is 1. The van der Waals surface area contributed by atoms with Gasteiger partial charge in [0.1, 0.15) is 0 Å². The number of carboxylic acids is 1. The molecule has 0 saturated carbocycles. The Labute approximate surface area is 230 Å². The monoisotopic (exact) mass is 548 g/mol. The maximum Gasteiger partial charge on any atom is 0.328 e. The summed E-state index contributed by atoms with van der Waals surface area (Å²) >= 11 is 0. The summed E-state index contributed by atoms with van der Waals surface area (Å²) in [6.07, 6.45) is 15.2. The van der Waals surface area contributed by atoms with E-state index < -0.39 is 22.6 Å². The number of hydrogen-bond donors (Lipinski definition) is 1. The third-order valence-corrected chi connectivity index (χ3v) is 16.7. The van der Waals surface area contributed by atoms with Crippen molar-refractivity contribution in [3.05, 3.63) is 59.3 Å². The van der Waals surface area contributed by atoms with Gasteiger partial charge < -0.3 is 14.0 Å². The Morgan fingerprint density at radius 3 is 1.81 bits per heavy atom. The molecular weight excluding hydrogens is 493 g/mol. The van der Waals surface area contributed by atoms with Crippen molar-refractivity contribution in [3.8, 4) is 0 Å². The number of hydrogen-bond acceptors (Lipinski definition) is 3. The van der Waals surface area contributed by atoms with E-state index in [0.717, 1.165) is 30.1 Å². The summed E-state index contributed by atoms with van der Waals surface area (Å²) < 4.78 is 13.6. The van der Waals surface area contributed by atoms with Gasteiger partial charge in [-0.25, -0.2) is 4.79 Å². The van der Waals surface area contributed by atoms with E-state index in [1.807, 2.05) is 32.1 Å². The zero-order valence-electron chi connectivity index (χ0n) is 26.3. The van der Waals surface area contributed by atoms with Crippen molar-refractivity contribution in [2.45, 2.75) is 131 Å². The summed E-state index contributed by atoms with van der Waals surface area (Å²) in [5, 5.41) is 9.10. The van der Waals surface area contributed by atoms with Crippen molar-refractivity contribution in [1.29, 1.82) is 0 Å². The molecule has 0 bridgehead atoms. The SMILES string of the molecule is CC(=C\C=C\C(C)=C\C[C@H](C[C@H](C)O[Si](C)(C)C(C)(C)C)O[Si](C)(C)C(C)(C)C)/C=C(C)/C=C/C(=O)O. The van der Waals surface area contributed by atoms with Crippen LogP contribution in [0, 0.1) is 0 Å². The first-order valence-electron chi connectivity index (χ1n) is 13.5. The topological polar surface area (TPSA) is 55.8 Å². The molecule has 0 aromatic carbocycles. The molecular formula is C31H56O4Si2. The summed E-state index contributed by atoms with van der Waals surface area (Å²) in [7, 11) is -3.76. The number of allylic oxidation sites excluding steroid dienone is 8. The Balaban J connectivity index is 5.57. The zero-order chi connectivity index (χ0) is 29.2. The summed E-state index contributed by atoms with van der Waals surface area (Å²) in [6, 6.07) is 0. The molecule has 0 heterocycles. The highest BCUT2D eigenvalue weighted by molar-refractivity contribution is 6.74. The Morgan fingerprint density at radius 2 is 1.32 bits per heavy atom. The predicted molar refractivity (Wildman–Crippen MR) is 166 cm³/mol. The smallest absolute Gasteiger partial charge is 0.328 e. The van der Waals surface area contributed by atoms with Crippen molar-refractivity contribution in [2.24, 2.45) is 0 Å². The van der Waals surface area contributed by atoms with Crippen molar-refractivity contribution in [1.82, 2.24) is 0 Å². The Kier molecular flexibility index (Phi) is 14.0. The van der Waals surface area contributed by atoms with Gasteiger partial charge in [-0.2, -0.15) is 0 Å². The molecule has 1 N–H and O–H groups in total. The molecule has 37 heavy (non-hydrogen) atoms. The van der Waals surface area contributed by atoms with E-state index in [1.165, 1.54) is 5.57 Å². The van der Waals surface area contributed by atoms with Gasteiger partial charge in [0.05, 0.1) is 6.10 Å². The van der Waals surface area contributed by atoms with E-state index in [1.54, 1.807) is 6.08 Å². The molecule has 0 saturated heterocycles. The van der Waals surface area contributed by atoms with Crippen LogP contribution >= 0.6 is 0 Å². The Bertz CT molecular complexity index is 891. The van der Waals surface area contributed by atoms with E-state index >= 15 is 0 Å². The van der Waals surface area contributed by atoms with Crippen molar-refractivity contribution in [2.75, 3.05) is 0 Å². The van der Waals surface area contributed by atoms with Crippen molar-refractivity contribution in [3.63, 3.8) is 0 Å². The lowest BCUT2D eigenvalue weighted by Gasteiger charge is -2.42. The summed E-state index contributed by atoms with van der Waals surface area (Å²) in [5.41, 5.74) is 3.15. The van der Waals surface area contributed by atoms with E-state index in [4.69, 9.17) is 14.0 Å². The second kappa shape index (κ2) is 14.6. The van der Waals surface area contributed by atoms with Crippen molar-refractivity contribution < 1.29 is 18.8 Å². The largest absolute Gasteiger partial charge is 0.478 e. The molecule has 0 spiro atoms. The molecule has 0 fully saturated rings. The molecule has 0 aromatic rings. The number of rotatable bonds is 13. The molecule has 0 radical (unpaired) electrons. The maximum atomic E-state index is 10.7. The van der Waals surface area contributed by atoms with Crippen LogP contribution in [0.1, 0.15) is 82.1 Å². The first-order valence-corrected chi connectivity index (χ1v) is 19.4. The Hall–Kier alpha value is -1.48. The highest BCUT2D eigenvalue weighted by atomic mass is 28.4. The van der Waals surface area contributed by atoms with Crippen molar-refractivity contribution >= 4 is 22.6 Å². The maximum absolute atomic E-state index is 10.7. The van der Waals surface area contributed by atoms with Crippen LogP contribution in [0.5, 0.6) is 0 Å². The number of carboxylic acid groups (broad SMARTS) is 1. The van der Waals surface area contributed by atoms with E-state index in [0.29, 0.717) is 0 Å². The van der Waals surface area contributed by atoms with Crippen LogP contribution in [0.4, 0.5) is 0 Å². The van der Waals surface area contributed by atoms with Gasteiger partial charge in [0, 0.05) is 12.2 Å². The molecule has 0 rings (SSSR count). The van der Waals surface area contributed by atoms with Crippen LogP contribution in [0.3, 0.4) is 0 Å². The quantitative estimate of drug-likeness (QED) is 0.141. The molecule has 0 aliphatic heterocycles. The van der Waals surface area contributed by atoms with Crippen LogP contribution < -0.4 is 0 Å². The molecule has 2 atom stereocenters. The van der Waals surface area contributed by atoms with E-state index in [2.05, 4.69) is 93.7 Å². The van der Waals surface area contributed by atoms with Gasteiger partial charge in [-0.3, -0.25) is 0 Å². The van der Waals surface area contributed by atoms with Crippen LogP contribution in [-0.2, 0) is 13.6 Å². The first kappa shape index (κ1) is 35.5. The van der Waals surface area contributed by atoms with E-state index in [9.17, 15) is 4.79 Å². The summed E-state index contributed by atoms with van der Waals surface area (Å²) in [4.78, 5) is 10.7. The van der Waals surface area contributed by atoms with Gasteiger partial charge in [-0.15, -0.1) is 0 Å². The lowest BCUT2D eigenvalue weighted by molar-refractivity contribution is -0.131. The van der Waals surface area contributed by atoms with Gasteiger partial charge >= 0.3 is 5.97 Å². The first-order chi connectivity index (χ1) is 16.6. The van der Waals surface area contributed by atoms with Gasteiger partial charge in [0.15, 0.2) is 16.6 Å². The van der Waals surface area contributed by atoms with Gasteiger partial charge in [-0.05, 0) is 76.8 Å². The minimum absolute atomic E-state index is 0.118.